The van der Waals surface area contributed by atoms with Gasteiger partial charge < -0.3 is 5.32 Å². The highest BCUT2D eigenvalue weighted by Crippen LogP contribution is 2.40. The molecule has 0 aliphatic heterocycles. The monoisotopic (exact) mass is 450 g/mol. The predicted octanol–water partition coefficient (Wildman–Crippen LogP) is 7.17. The van der Waals surface area contributed by atoms with Crippen molar-refractivity contribution in [3.63, 3.8) is 0 Å². The van der Waals surface area contributed by atoms with Gasteiger partial charge in [0.2, 0.25) is 5.91 Å². The molecule has 1 N–H and O–H groups in total. The number of benzene rings is 3. The Labute approximate surface area is 189 Å². The first-order valence-corrected chi connectivity index (χ1v) is 11.6. The highest BCUT2D eigenvalue weighted by Gasteiger charge is 2.16. The second kappa shape index (κ2) is 9.47. The van der Waals surface area contributed by atoms with Gasteiger partial charge >= 0.3 is 0 Å². The molecule has 0 radical (unpaired) electrons. The molecule has 0 spiro atoms. The number of amides is 1. The van der Waals surface area contributed by atoms with Gasteiger partial charge in [-0.15, -0.1) is 11.3 Å². The molecular formula is C24H19ClN2OS2. The van der Waals surface area contributed by atoms with Crippen molar-refractivity contribution in [2.75, 3.05) is 11.1 Å². The molecule has 0 aliphatic carbocycles. The Morgan fingerprint density at radius 2 is 1.67 bits per heavy atom. The smallest absolute Gasteiger partial charge is 0.234 e. The van der Waals surface area contributed by atoms with Crippen LogP contribution in [-0.2, 0) is 4.79 Å². The maximum Gasteiger partial charge on any atom is 0.234 e. The molecule has 0 saturated heterocycles. The van der Waals surface area contributed by atoms with Gasteiger partial charge in [-0.1, -0.05) is 90.1 Å². The number of thioether (sulfide) groups is 1. The van der Waals surface area contributed by atoms with E-state index < -0.39 is 0 Å². The summed E-state index contributed by atoms with van der Waals surface area (Å²) in [6.45, 7) is 1.96. The molecule has 0 fully saturated rings. The van der Waals surface area contributed by atoms with Crippen LogP contribution in [0.2, 0.25) is 5.02 Å². The van der Waals surface area contributed by atoms with Gasteiger partial charge in [0.05, 0.1) is 27.0 Å². The topological polar surface area (TPSA) is 42.0 Å². The summed E-state index contributed by atoms with van der Waals surface area (Å²) in [7, 11) is 0. The van der Waals surface area contributed by atoms with Crippen molar-refractivity contribution in [1.82, 2.24) is 4.98 Å². The summed E-state index contributed by atoms with van der Waals surface area (Å²) < 4.78 is 0.859. The van der Waals surface area contributed by atoms with Crippen LogP contribution in [0.1, 0.15) is 5.56 Å². The second-order valence-electron chi connectivity index (χ2n) is 6.71. The number of nitrogens with one attached hydrogen (secondary N) is 1. The summed E-state index contributed by atoms with van der Waals surface area (Å²) in [5.74, 6) is 0.156. The minimum absolute atomic E-state index is 0.108. The zero-order chi connectivity index (χ0) is 20.9. The van der Waals surface area contributed by atoms with E-state index in [9.17, 15) is 4.79 Å². The largest absolute Gasteiger partial charge is 0.324 e. The van der Waals surface area contributed by atoms with Crippen LogP contribution in [-0.4, -0.2) is 16.6 Å². The third-order valence-corrected chi connectivity index (χ3v) is 6.98. The number of aromatic nitrogens is 1. The van der Waals surface area contributed by atoms with Gasteiger partial charge in [0.25, 0.3) is 0 Å². The lowest BCUT2D eigenvalue weighted by molar-refractivity contribution is -0.113. The minimum atomic E-state index is -0.108. The van der Waals surface area contributed by atoms with Crippen molar-refractivity contribution in [3.05, 3.63) is 89.4 Å². The van der Waals surface area contributed by atoms with Crippen LogP contribution in [0.5, 0.6) is 0 Å². The predicted molar refractivity (Wildman–Crippen MR) is 129 cm³/mol. The number of nitrogens with zero attached hydrogens (tertiary/aromatic N) is 1. The number of anilines is 1. The number of halogens is 1. The first kappa shape index (κ1) is 20.7. The van der Waals surface area contributed by atoms with Crippen LogP contribution in [0.4, 0.5) is 5.69 Å². The molecule has 1 aromatic heterocycles. The highest BCUT2D eigenvalue weighted by molar-refractivity contribution is 8.01. The van der Waals surface area contributed by atoms with E-state index in [2.05, 4.69) is 29.6 Å². The van der Waals surface area contributed by atoms with E-state index in [1.165, 1.54) is 11.8 Å². The molecule has 0 aliphatic rings. The van der Waals surface area contributed by atoms with E-state index in [1.807, 2.05) is 61.5 Å². The SMILES string of the molecule is Cc1ccc(NC(=O)CSc2nc(-c3ccccc3)c(-c3ccccc3)s2)c(Cl)c1. The maximum atomic E-state index is 12.4. The van der Waals surface area contributed by atoms with E-state index in [4.69, 9.17) is 16.6 Å². The first-order chi connectivity index (χ1) is 14.6. The summed E-state index contributed by atoms with van der Waals surface area (Å²) >= 11 is 9.26. The third-order valence-electron chi connectivity index (χ3n) is 4.42. The number of hydrogen-bond acceptors (Lipinski definition) is 4. The number of carbonyl (C=O) groups excluding carboxylic acids is 1. The Morgan fingerprint density at radius 3 is 2.33 bits per heavy atom. The van der Waals surface area contributed by atoms with Gasteiger partial charge in [0.1, 0.15) is 0 Å². The van der Waals surface area contributed by atoms with Crippen LogP contribution >= 0.6 is 34.7 Å². The van der Waals surface area contributed by atoms with Crippen LogP contribution in [0, 0.1) is 6.92 Å². The fraction of sp³-hybridized carbons (Fsp3) is 0.0833. The molecule has 0 unspecified atom stereocenters. The van der Waals surface area contributed by atoms with Crippen molar-refractivity contribution >= 4 is 46.3 Å². The number of thiazole rings is 1. The van der Waals surface area contributed by atoms with Gasteiger partial charge in [0.15, 0.2) is 4.34 Å². The second-order valence-corrected chi connectivity index (χ2v) is 9.34. The Balaban J connectivity index is 1.53. The molecule has 4 aromatic rings. The molecule has 6 heteroatoms. The number of aryl methyl sites for hydroxylation is 1. The molecule has 150 valence electrons. The van der Waals surface area contributed by atoms with E-state index in [1.54, 1.807) is 11.3 Å². The minimum Gasteiger partial charge on any atom is -0.324 e. The van der Waals surface area contributed by atoms with Crippen LogP contribution < -0.4 is 5.32 Å². The Kier molecular flexibility index (Phi) is 6.53. The number of hydrogen-bond donors (Lipinski definition) is 1. The molecule has 1 amide bonds. The zero-order valence-electron chi connectivity index (χ0n) is 16.3. The first-order valence-electron chi connectivity index (χ1n) is 9.40. The van der Waals surface area contributed by atoms with E-state index >= 15 is 0 Å². The average Bonchev–Trinajstić information content (AvgIpc) is 3.20. The maximum absolute atomic E-state index is 12.4. The van der Waals surface area contributed by atoms with Gasteiger partial charge in [-0.3, -0.25) is 4.79 Å². The molecule has 0 bridgehead atoms. The normalized spacial score (nSPS) is 10.7. The number of rotatable bonds is 6. The standard InChI is InChI=1S/C24H19ClN2OS2/c1-16-12-13-20(19(25)14-16)26-21(28)15-29-24-27-22(17-8-4-2-5-9-17)23(30-24)18-10-6-3-7-11-18/h2-14H,15H2,1H3,(H,26,28). The fourth-order valence-corrected chi connectivity index (χ4v) is 5.23. The molecule has 0 atom stereocenters. The molecule has 1 heterocycles. The van der Waals surface area contributed by atoms with Crippen LogP contribution in [0.25, 0.3) is 21.7 Å². The van der Waals surface area contributed by atoms with Crippen LogP contribution in [0.15, 0.2) is 83.2 Å². The van der Waals surface area contributed by atoms with Gasteiger partial charge in [0, 0.05) is 5.56 Å². The van der Waals surface area contributed by atoms with Crippen molar-refractivity contribution in [2.45, 2.75) is 11.3 Å². The van der Waals surface area contributed by atoms with E-state index in [0.29, 0.717) is 10.7 Å². The van der Waals surface area contributed by atoms with Gasteiger partial charge in [-0.05, 0) is 30.2 Å². The van der Waals surface area contributed by atoms with E-state index in [0.717, 1.165) is 31.6 Å². The van der Waals surface area contributed by atoms with Gasteiger partial charge in [-0.25, -0.2) is 4.98 Å². The van der Waals surface area contributed by atoms with Crippen molar-refractivity contribution in [3.8, 4) is 21.7 Å². The quantitative estimate of drug-likeness (QED) is 0.316. The molecule has 3 aromatic carbocycles. The molecular weight excluding hydrogens is 432 g/mol. The molecule has 30 heavy (non-hydrogen) atoms. The lowest BCUT2D eigenvalue weighted by Crippen LogP contribution is -2.14. The van der Waals surface area contributed by atoms with Crippen molar-refractivity contribution in [1.29, 1.82) is 0 Å². The zero-order valence-corrected chi connectivity index (χ0v) is 18.7. The lowest BCUT2D eigenvalue weighted by atomic mass is 10.1. The fourth-order valence-electron chi connectivity index (χ4n) is 2.97. The molecule has 0 saturated carbocycles. The average molecular weight is 451 g/mol. The number of carbonyl (C=O) groups is 1. The summed E-state index contributed by atoms with van der Waals surface area (Å²) in [6.07, 6.45) is 0. The Hall–Kier alpha value is -2.60. The summed E-state index contributed by atoms with van der Waals surface area (Å²) in [5, 5.41) is 3.42. The highest BCUT2D eigenvalue weighted by atomic mass is 35.5. The molecule has 3 nitrogen and oxygen atoms in total. The van der Waals surface area contributed by atoms with Crippen LogP contribution in [0.3, 0.4) is 0 Å². The Bertz CT molecular complexity index is 1100. The Morgan fingerprint density at radius 1 is 1.00 bits per heavy atom. The van der Waals surface area contributed by atoms with Gasteiger partial charge in [-0.2, -0.15) is 0 Å². The summed E-state index contributed by atoms with van der Waals surface area (Å²) in [5.41, 5.74) is 4.81. The third kappa shape index (κ3) is 4.93. The summed E-state index contributed by atoms with van der Waals surface area (Å²) in [4.78, 5) is 18.4. The van der Waals surface area contributed by atoms with Crippen molar-refractivity contribution < 1.29 is 4.79 Å². The van der Waals surface area contributed by atoms with Crippen molar-refractivity contribution in [2.24, 2.45) is 0 Å². The molecule has 4 rings (SSSR count). The lowest BCUT2D eigenvalue weighted by Gasteiger charge is -2.07. The summed E-state index contributed by atoms with van der Waals surface area (Å²) in [6, 6.07) is 25.9. The van der Waals surface area contributed by atoms with E-state index in [-0.39, 0.29) is 11.7 Å².